The molecule has 4 N–H and O–H groups in total. The number of hydrogen-bond acceptors (Lipinski definition) is 8. The molecule has 2 rings (SSSR count). The molecule has 0 aliphatic rings. The zero-order valence-corrected chi connectivity index (χ0v) is 18.6. The fraction of sp³-hybridized carbons (Fsp3) is 0.500. The van der Waals surface area contributed by atoms with Crippen molar-refractivity contribution < 1.29 is 13.5 Å². The van der Waals surface area contributed by atoms with E-state index in [0.717, 1.165) is 17.8 Å². The van der Waals surface area contributed by atoms with Crippen LogP contribution in [0.4, 0.5) is 17.5 Å². The largest absolute Gasteiger partial charge is 0.394 e. The molecule has 0 amide bonds. The van der Waals surface area contributed by atoms with Gasteiger partial charge in [-0.05, 0) is 41.3 Å². The third-order valence-electron chi connectivity index (χ3n) is 3.51. The van der Waals surface area contributed by atoms with Crippen LogP contribution in [-0.2, 0) is 10.0 Å². The minimum Gasteiger partial charge on any atom is -0.394 e. The average molecular weight is 478 g/mol. The van der Waals surface area contributed by atoms with Gasteiger partial charge in [0.25, 0.3) is 0 Å². The summed E-state index contributed by atoms with van der Waals surface area (Å²) >= 11 is 4.49. The molecule has 27 heavy (non-hydrogen) atoms. The lowest BCUT2D eigenvalue weighted by molar-refractivity contribution is 0.281. The summed E-state index contributed by atoms with van der Waals surface area (Å²) in [5, 5.41) is 16.9. The Balaban J connectivity index is 2.08. The third kappa shape index (κ3) is 6.68. The minimum atomic E-state index is -3.52. The summed E-state index contributed by atoms with van der Waals surface area (Å²) in [5.41, 5.74) is 0.590. The number of aliphatic hydroxyl groups excluding tert-OH is 1. The van der Waals surface area contributed by atoms with E-state index in [4.69, 9.17) is 5.11 Å². The highest BCUT2D eigenvalue weighted by atomic mass is 79.9. The Labute approximate surface area is 172 Å². The number of hydrogen-bond donors (Lipinski definition) is 4. The van der Waals surface area contributed by atoms with Crippen molar-refractivity contribution in [3.05, 3.63) is 22.1 Å². The quantitative estimate of drug-likeness (QED) is 0.415. The normalized spacial score (nSPS) is 13.0. The highest BCUT2D eigenvalue weighted by Gasteiger charge is 2.17. The Kier molecular flexibility index (Phi) is 7.98. The Morgan fingerprint density at radius 1 is 1.33 bits per heavy atom. The van der Waals surface area contributed by atoms with Gasteiger partial charge in [0.2, 0.25) is 16.0 Å². The Bertz CT molecular complexity index is 857. The van der Waals surface area contributed by atoms with Crippen molar-refractivity contribution in [1.82, 2.24) is 14.7 Å². The Morgan fingerprint density at radius 3 is 2.74 bits per heavy atom. The van der Waals surface area contributed by atoms with E-state index in [-0.39, 0.29) is 16.9 Å². The molecule has 0 fully saturated rings. The van der Waals surface area contributed by atoms with Gasteiger partial charge in [0, 0.05) is 24.2 Å². The molecule has 2 heterocycles. The van der Waals surface area contributed by atoms with Gasteiger partial charge in [-0.25, -0.2) is 18.1 Å². The molecule has 2 aromatic rings. The average Bonchev–Trinajstić information content (AvgIpc) is 3.06. The van der Waals surface area contributed by atoms with Gasteiger partial charge in [-0.1, -0.05) is 13.8 Å². The molecule has 0 spiro atoms. The fourth-order valence-electron chi connectivity index (χ4n) is 2.01. The molecule has 0 aliphatic heterocycles. The lowest BCUT2D eigenvalue weighted by Gasteiger charge is -2.13. The van der Waals surface area contributed by atoms with Crippen LogP contribution in [-0.4, -0.2) is 42.7 Å². The molecule has 0 aromatic carbocycles. The predicted molar refractivity (Wildman–Crippen MR) is 112 cm³/mol. The number of thiophene rings is 1. The topological polar surface area (TPSA) is 116 Å². The number of aliphatic hydroxyl groups is 1. The van der Waals surface area contributed by atoms with E-state index in [1.807, 2.05) is 20.8 Å². The van der Waals surface area contributed by atoms with Crippen LogP contribution >= 0.6 is 27.3 Å². The van der Waals surface area contributed by atoms with E-state index < -0.39 is 10.0 Å². The molecule has 0 unspecified atom stereocenters. The maximum atomic E-state index is 12.3. The summed E-state index contributed by atoms with van der Waals surface area (Å²) in [5.74, 6) is 1.28. The first-order valence-corrected chi connectivity index (χ1v) is 11.6. The summed E-state index contributed by atoms with van der Waals surface area (Å²) in [6.45, 7) is 6.29. The zero-order valence-electron chi connectivity index (χ0n) is 15.4. The molecule has 8 nitrogen and oxygen atoms in total. The van der Waals surface area contributed by atoms with Gasteiger partial charge < -0.3 is 15.7 Å². The number of aromatic nitrogens is 2. The summed E-state index contributed by atoms with van der Waals surface area (Å²) < 4.78 is 28.2. The van der Waals surface area contributed by atoms with Gasteiger partial charge in [-0.2, -0.15) is 4.98 Å². The second kappa shape index (κ2) is 9.78. The Morgan fingerprint density at radius 2 is 2.07 bits per heavy atom. The van der Waals surface area contributed by atoms with Crippen LogP contribution in [0.25, 0.3) is 0 Å². The van der Waals surface area contributed by atoms with Crippen LogP contribution in [0.1, 0.15) is 27.2 Å². The SMILES string of the molecule is CC(C)CCNS(=O)(=O)c1cc(Nc2ncc(Br)c(N[C@H](C)CO)n2)cs1. The van der Waals surface area contributed by atoms with Gasteiger partial charge in [0.1, 0.15) is 10.0 Å². The van der Waals surface area contributed by atoms with E-state index in [1.54, 1.807) is 17.6 Å². The molecular weight excluding hydrogens is 454 g/mol. The highest BCUT2D eigenvalue weighted by molar-refractivity contribution is 9.10. The molecular formula is C16H24BrN5O3S2. The number of nitrogens with one attached hydrogen (secondary N) is 3. The van der Waals surface area contributed by atoms with Crippen LogP contribution in [0.2, 0.25) is 0 Å². The second-order valence-electron chi connectivity index (χ2n) is 6.48. The van der Waals surface area contributed by atoms with Crippen molar-refractivity contribution in [2.45, 2.75) is 37.4 Å². The molecule has 1 atom stereocenters. The van der Waals surface area contributed by atoms with Gasteiger partial charge in [0.15, 0.2) is 0 Å². The van der Waals surface area contributed by atoms with Crippen LogP contribution in [0.15, 0.2) is 26.3 Å². The number of nitrogens with zero attached hydrogens (tertiary/aromatic N) is 2. The third-order valence-corrected chi connectivity index (χ3v) is 6.99. The second-order valence-corrected chi connectivity index (χ2v) is 10.2. The van der Waals surface area contributed by atoms with Crippen molar-refractivity contribution in [2.75, 3.05) is 23.8 Å². The van der Waals surface area contributed by atoms with E-state index in [2.05, 4.69) is 41.3 Å². The first-order valence-electron chi connectivity index (χ1n) is 8.46. The van der Waals surface area contributed by atoms with E-state index in [1.165, 1.54) is 0 Å². The van der Waals surface area contributed by atoms with Gasteiger partial charge in [0.05, 0.1) is 16.8 Å². The first-order chi connectivity index (χ1) is 12.7. The molecule has 0 bridgehead atoms. The Hall–Kier alpha value is -1.27. The van der Waals surface area contributed by atoms with E-state index in [9.17, 15) is 8.42 Å². The number of sulfonamides is 1. The molecule has 150 valence electrons. The smallest absolute Gasteiger partial charge is 0.250 e. The summed E-state index contributed by atoms with van der Waals surface area (Å²) in [6.07, 6.45) is 2.36. The van der Waals surface area contributed by atoms with Crippen LogP contribution in [0.3, 0.4) is 0 Å². The van der Waals surface area contributed by atoms with E-state index >= 15 is 0 Å². The lowest BCUT2D eigenvalue weighted by Crippen LogP contribution is -2.24. The maximum Gasteiger partial charge on any atom is 0.250 e. The molecule has 0 saturated carbocycles. The van der Waals surface area contributed by atoms with E-state index in [0.29, 0.717) is 34.4 Å². The van der Waals surface area contributed by atoms with Crippen molar-refractivity contribution in [1.29, 1.82) is 0 Å². The first kappa shape index (κ1) is 22.0. The monoisotopic (exact) mass is 477 g/mol. The standard InChI is InChI=1S/C16H24BrN5O3S2/c1-10(2)4-5-19-27(24,25)14-6-12(9-26-14)21-16-18-7-13(17)15(22-16)20-11(3)8-23/h6-7,9-11,19,23H,4-5,8H2,1-3H3,(H2,18,20,21,22)/t11-/m1/s1. The van der Waals surface area contributed by atoms with Crippen molar-refractivity contribution in [2.24, 2.45) is 5.92 Å². The van der Waals surface area contributed by atoms with Gasteiger partial charge in [-0.15, -0.1) is 11.3 Å². The highest BCUT2D eigenvalue weighted by Crippen LogP contribution is 2.27. The van der Waals surface area contributed by atoms with Crippen molar-refractivity contribution >= 4 is 54.7 Å². The van der Waals surface area contributed by atoms with Crippen molar-refractivity contribution in [3.8, 4) is 0 Å². The molecule has 0 aliphatic carbocycles. The molecule has 0 radical (unpaired) electrons. The molecule has 11 heteroatoms. The molecule has 0 saturated heterocycles. The van der Waals surface area contributed by atoms with Crippen LogP contribution in [0.5, 0.6) is 0 Å². The van der Waals surface area contributed by atoms with Gasteiger partial charge in [-0.3, -0.25) is 0 Å². The van der Waals surface area contributed by atoms with Crippen molar-refractivity contribution in [3.63, 3.8) is 0 Å². The van der Waals surface area contributed by atoms with Crippen LogP contribution < -0.4 is 15.4 Å². The number of rotatable bonds is 10. The molecule has 2 aromatic heterocycles. The lowest BCUT2D eigenvalue weighted by atomic mass is 10.1. The van der Waals surface area contributed by atoms with Gasteiger partial charge >= 0.3 is 0 Å². The van der Waals surface area contributed by atoms with Crippen LogP contribution in [0, 0.1) is 5.92 Å². The minimum absolute atomic E-state index is 0.0330. The summed E-state index contributed by atoms with van der Waals surface area (Å²) in [7, 11) is -3.52. The maximum absolute atomic E-state index is 12.3. The number of halogens is 1. The fourth-order valence-corrected chi connectivity index (χ4v) is 4.52. The number of anilines is 3. The predicted octanol–water partition coefficient (Wildman–Crippen LogP) is 3.16. The zero-order chi connectivity index (χ0) is 20.0. The summed E-state index contributed by atoms with van der Waals surface area (Å²) in [6, 6.07) is 1.39. The summed E-state index contributed by atoms with van der Waals surface area (Å²) in [4.78, 5) is 8.52.